The van der Waals surface area contributed by atoms with E-state index in [1.165, 1.54) is 12.1 Å². The zero-order valence-corrected chi connectivity index (χ0v) is 14.3. The normalized spacial score (nSPS) is 12.8. The highest BCUT2D eigenvalue weighted by Crippen LogP contribution is 2.32. The molecule has 0 radical (unpaired) electrons. The van der Waals surface area contributed by atoms with Crippen molar-refractivity contribution in [2.75, 3.05) is 19.9 Å². The Balaban J connectivity index is 1.41. The Morgan fingerprint density at radius 1 is 1.19 bits per heavy atom. The number of amides is 1. The number of oxime groups is 1. The molecule has 2 aromatic rings. The Morgan fingerprint density at radius 3 is 2.77 bits per heavy atom. The summed E-state index contributed by atoms with van der Waals surface area (Å²) in [7, 11) is 0. The third-order valence-corrected chi connectivity index (χ3v) is 3.84. The number of rotatable bonds is 7. The highest BCUT2D eigenvalue weighted by atomic mass is 19.1. The van der Waals surface area contributed by atoms with Crippen LogP contribution in [-0.4, -0.2) is 31.6 Å². The van der Waals surface area contributed by atoms with Gasteiger partial charge in [0.1, 0.15) is 5.82 Å². The second-order valence-electron chi connectivity index (χ2n) is 5.74. The molecule has 0 saturated heterocycles. The van der Waals surface area contributed by atoms with Gasteiger partial charge in [0.2, 0.25) is 6.79 Å². The Hall–Kier alpha value is -3.09. The summed E-state index contributed by atoms with van der Waals surface area (Å²) in [5, 5.41) is 6.68. The molecule has 1 aliphatic rings. The zero-order chi connectivity index (χ0) is 18.4. The van der Waals surface area contributed by atoms with Gasteiger partial charge in [0.15, 0.2) is 18.1 Å². The molecule has 3 rings (SSSR count). The molecule has 0 aliphatic carbocycles. The van der Waals surface area contributed by atoms with Crippen molar-refractivity contribution >= 4 is 11.6 Å². The first-order valence-electron chi connectivity index (χ1n) is 8.19. The van der Waals surface area contributed by atoms with Gasteiger partial charge in [-0.15, -0.1) is 0 Å². The predicted octanol–water partition coefficient (Wildman–Crippen LogP) is 2.65. The van der Waals surface area contributed by atoms with E-state index < -0.39 is 0 Å². The van der Waals surface area contributed by atoms with Gasteiger partial charge in [-0.05, 0) is 49.2 Å². The number of halogens is 1. The topological polar surface area (TPSA) is 69.2 Å². The van der Waals surface area contributed by atoms with Crippen LogP contribution in [-0.2, 0) is 16.1 Å². The number of hydrogen-bond donors (Lipinski definition) is 1. The van der Waals surface area contributed by atoms with E-state index in [0.29, 0.717) is 30.2 Å². The number of carbonyl (C=O) groups excluding carboxylic acids is 1. The van der Waals surface area contributed by atoms with Crippen molar-refractivity contribution in [3.8, 4) is 11.5 Å². The minimum atomic E-state index is -0.276. The van der Waals surface area contributed by atoms with E-state index in [1.54, 1.807) is 25.1 Å². The van der Waals surface area contributed by atoms with Gasteiger partial charge < -0.3 is 19.6 Å². The van der Waals surface area contributed by atoms with Crippen molar-refractivity contribution in [1.82, 2.24) is 5.32 Å². The summed E-state index contributed by atoms with van der Waals surface area (Å²) in [6, 6.07) is 11.6. The van der Waals surface area contributed by atoms with Crippen LogP contribution in [0, 0.1) is 5.82 Å². The van der Waals surface area contributed by atoms with Gasteiger partial charge in [-0.1, -0.05) is 17.3 Å². The molecule has 0 spiro atoms. The van der Waals surface area contributed by atoms with Gasteiger partial charge >= 0.3 is 0 Å². The SMILES string of the molecule is C/C(=N/OCC(=O)NCCc1ccc(F)cc1)c1ccc2c(c1)OCO2. The Kier molecular flexibility index (Phi) is 5.68. The molecule has 6 nitrogen and oxygen atoms in total. The summed E-state index contributed by atoms with van der Waals surface area (Å²) in [5.41, 5.74) is 2.40. The molecule has 0 atom stereocenters. The molecule has 26 heavy (non-hydrogen) atoms. The second kappa shape index (κ2) is 8.33. The molecule has 1 N–H and O–H groups in total. The summed E-state index contributed by atoms with van der Waals surface area (Å²) in [4.78, 5) is 16.9. The lowest BCUT2D eigenvalue weighted by molar-refractivity contribution is -0.125. The van der Waals surface area contributed by atoms with Crippen molar-refractivity contribution in [2.45, 2.75) is 13.3 Å². The maximum absolute atomic E-state index is 12.8. The third-order valence-electron chi connectivity index (χ3n) is 3.84. The predicted molar refractivity (Wildman–Crippen MR) is 93.8 cm³/mol. The lowest BCUT2D eigenvalue weighted by atomic mass is 10.1. The van der Waals surface area contributed by atoms with Gasteiger partial charge in [0.25, 0.3) is 5.91 Å². The van der Waals surface area contributed by atoms with Gasteiger partial charge in [0.05, 0.1) is 5.71 Å². The minimum absolute atomic E-state index is 0.175. The van der Waals surface area contributed by atoms with Gasteiger partial charge in [-0.3, -0.25) is 4.79 Å². The van der Waals surface area contributed by atoms with E-state index in [9.17, 15) is 9.18 Å². The van der Waals surface area contributed by atoms with Crippen molar-refractivity contribution in [3.05, 3.63) is 59.4 Å². The van der Waals surface area contributed by atoms with E-state index >= 15 is 0 Å². The number of nitrogens with one attached hydrogen (secondary N) is 1. The highest BCUT2D eigenvalue weighted by Gasteiger charge is 2.14. The fourth-order valence-corrected chi connectivity index (χ4v) is 2.41. The van der Waals surface area contributed by atoms with Crippen LogP contribution in [0.3, 0.4) is 0 Å². The molecular formula is C19H19FN2O4. The second-order valence-corrected chi connectivity index (χ2v) is 5.74. The van der Waals surface area contributed by atoms with E-state index in [4.69, 9.17) is 14.3 Å². The molecule has 2 aromatic carbocycles. The molecule has 1 amide bonds. The lowest BCUT2D eigenvalue weighted by Crippen LogP contribution is -2.29. The average Bonchev–Trinajstić information content (AvgIpc) is 3.11. The molecule has 0 fully saturated rings. The van der Waals surface area contributed by atoms with Gasteiger partial charge in [-0.2, -0.15) is 0 Å². The van der Waals surface area contributed by atoms with Crippen LogP contribution in [0.15, 0.2) is 47.6 Å². The number of ether oxygens (including phenoxy) is 2. The van der Waals surface area contributed by atoms with E-state index in [0.717, 1.165) is 11.1 Å². The molecule has 0 saturated carbocycles. The van der Waals surface area contributed by atoms with Crippen molar-refractivity contribution in [2.24, 2.45) is 5.16 Å². The summed E-state index contributed by atoms with van der Waals surface area (Å²) in [5.74, 6) is 0.815. The van der Waals surface area contributed by atoms with Crippen molar-refractivity contribution in [1.29, 1.82) is 0 Å². The van der Waals surface area contributed by atoms with Crippen LogP contribution in [0.4, 0.5) is 4.39 Å². The van der Waals surface area contributed by atoms with Gasteiger partial charge in [0, 0.05) is 12.1 Å². The molecule has 0 bridgehead atoms. The lowest BCUT2D eigenvalue weighted by Gasteiger charge is -2.06. The molecule has 1 heterocycles. The maximum atomic E-state index is 12.8. The average molecular weight is 358 g/mol. The van der Waals surface area contributed by atoms with Crippen molar-refractivity contribution < 1.29 is 23.5 Å². The number of carbonyl (C=O) groups is 1. The molecule has 1 aliphatic heterocycles. The monoisotopic (exact) mass is 358 g/mol. The Labute approximate surface area is 150 Å². The van der Waals surface area contributed by atoms with E-state index in [2.05, 4.69) is 10.5 Å². The first kappa shape index (κ1) is 17.7. The summed E-state index contributed by atoms with van der Waals surface area (Å²) in [6.07, 6.45) is 0.617. The Morgan fingerprint density at radius 2 is 1.96 bits per heavy atom. The van der Waals surface area contributed by atoms with Crippen molar-refractivity contribution in [3.63, 3.8) is 0 Å². The number of benzene rings is 2. The third kappa shape index (κ3) is 4.72. The minimum Gasteiger partial charge on any atom is -0.454 e. The van der Waals surface area contributed by atoms with Crippen LogP contribution in [0.25, 0.3) is 0 Å². The molecular weight excluding hydrogens is 339 g/mol. The fraction of sp³-hybridized carbons (Fsp3) is 0.263. The quantitative estimate of drug-likeness (QED) is 0.610. The molecule has 136 valence electrons. The zero-order valence-electron chi connectivity index (χ0n) is 14.3. The van der Waals surface area contributed by atoms with Crippen LogP contribution < -0.4 is 14.8 Å². The first-order valence-corrected chi connectivity index (χ1v) is 8.19. The van der Waals surface area contributed by atoms with Crippen LogP contribution in [0.2, 0.25) is 0 Å². The molecule has 0 unspecified atom stereocenters. The highest BCUT2D eigenvalue weighted by molar-refractivity contribution is 5.99. The van der Waals surface area contributed by atoms with Crippen LogP contribution in [0.5, 0.6) is 11.5 Å². The van der Waals surface area contributed by atoms with E-state index in [-0.39, 0.29) is 25.1 Å². The summed E-state index contributed by atoms with van der Waals surface area (Å²) in [6.45, 7) is 2.26. The maximum Gasteiger partial charge on any atom is 0.260 e. The fourth-order valence-electron chi connectivity index (χ4n) is 2.41. The summed E-state index contributed by atoms with van der Waals surface area (Å²) >= 11 is 0. The summed E-state index contributed by atoms with van der Waals surface area (Å²) < 4.78 is 23.4. The standard InChI is InChI=1S/C19H19FN2O4/c1-13(15-4-7-17-18(10-15)25-12-24-17)22-26-11-19(23)21-9-8-14-2-5-16(20)6-3-14/h2-7,10H,8-9,11-12H2,1H3,(H,21,23)/b22-13-. The smallest absolute Gasteiger partial charge is 0.260 e. The van der Waals surface area contributed by atoms with Crippen LogP contribution >= 0.6 is 0 Å². The van der Waals surface area contributed by atoms with Gasteiger partial charge in [-0.25, -0.2) is 4.39 Å². The molecule has 7 heteroatoms. The van der Waals surface area contributed by atoms with Crippen LogP contribution in [0.1, 0.15) is 18.1 Å². The Bertz CT molecular complexity index is 806. The molecule has 0 aromatic heterocycles. The number of hydrogen-bond acceptors (Lipinski definition) is 5. The number of nitrogens with zero attached hydrogens (tertiary/aromatic N) is 1. The number of fused-ring (bicyclic) bond motifs is 1. The first-order chi connectivity index (χ1) is 12.6. The largest absolute Gasteiger partial charge is 0.454 e. The van der Waals surface area contributed by atoms with E-state index in [1.807, 2.05) is 12.1 Å².